The lowest BCUT2D eigenvalue weighted by atomic mass is 10.0. The molecular formula is C9H17ClN2O. The van der Waals surface area contributed by atoms with Gasteiger partial charge in [0, 0.05) is 25.7 Å². The van der Waals surface area contributed by atoms with Crippen molar-refractivity contribution in [1.29, 1.82) is 0 Å². The Bertz CT molecular complexity index is 190. The Balaban J connectivity index is 0.000000845. The van der Waals surface area contributed by atoms with Gasteiger partial charge in [0.05, 0.1) is 5.92 Å². The van der Waals surface area contributed by atoms with E-state index in [9.17, 15) is 4.79 Å². The van der Waals surface area contributed by atoms with E-state index in [0.717, 1.165) is 19.6 Å². The number of nitrogens with zero attached hydrogens (tertiary/aromatic N) is 1. The quantitative estimate of drug-likeness (QED) is 0.732. The molecule has 1 heterocycles. The average molecular weight is 205 g/mol. The standard InChI is InChI=1S/C9H16N2O.ClH/c1-2-11(8-3-4-8)9(12)7-5-10-6-7;/h7-8,10H,2-6H2,1H3;1H. The Labute approximate surface area is 85.3 Å². The number of halogens is 1. The first kappa shape index (κ1) is 10.8. The summed E-state index contributed by atoms with van der Waals surface area (Å²) in [6.07, 6.45) is 2.44. The van der Waals surface area contributed by atoms with E-state index in [1.165, 1.54) is 12.8 Å². The van der Waals surface area contributed by atoms with Crippen molar-refractivity contribution in [1.82, 2.24) is 10.2 Å². The first-order chi connectivity index (χ1) is 5.83. The van der Waals surface area contributed by atoms with E-state index in [0.29, 0.717) is 11.9 Å². The zero-order chi connectivity index (χ0) is 8.55. The van der Waals surface area contributed by atoms with Gasteiger partial charge in [-0.05, 0) is 19.8 Å². The maximum Gasteiger partial charge on any atom is 0.228 e. The summed E-state index contributed by atoms with van der Waals surface area (Å²) < 4.78 is 0. The molecule has 2 rings (SSSR count). The Kier molecular flexibility index (Phi) is 3.56. The number of hydrogen-bond acceptors (Lipinski definition) is 2. The van der Waals surface area contributed by atoms with Gasteiger partial charge in [-0.3, -0.25) is 4.79 Å². The van der Waals surface area contributed by atoms with E-state index in [4.69, 9.17) is 0 Å². The fourth-order valence-corrected chi connectivity index (χ4v) is 1.68. The molecule has 0 radical (unpaired) electrons. The Morgan fingerprint density at radius 3 is 2.38 bits per heavy atom. The fourth-order valence-electron chi connectivity index (χ4n) is 1.68. The van der Waals surface area contributed by atoms with Crippen LogP contribution in [0.1, 0.15) is 19.8 Å². The Morgan fingerprint density at radius 1 is 1.46 bits per heavy atom. The highest BCUT2D eigenvalue weighted by atomic mass is 35.5. The number of hydrogen-bond donors (Lipinski definition) is 1. The highest BCUT2D eigenvalue weighted by Crippen LogP contribution is 2.28. The predicted molar refractivity (Wildman–Crippen MR) is 54.0 cm³/mol. The molecule has 4 heteroatoms. The largest absolute Gasteiger partial charge is 0.340 e. The first-order valence-electron chi connectivity index (χ1n) is 4.84. The van der Waals surface area contributed by atoms with Gasteiger partial charge in [0.1, 0.15) is 0 Å². The summed E-state index contributed by atoms with van der Waals surface area (Å²) in [5, 5.41) is 3.13. The third-order valence-corrected chi connectivity index (χ3v) is 2.74. The van der Waals surface area contributed by atoms with Gasteiger partial charge >= 0.3 is 0 Å². The molecule has 0 aromatic carbocycles. The van der Waals surface area contributed by atoms with Crippen LogP contribution in [0.3, 0.4) is 0 Å². The summed E-state index contributed by atoms with van der Waals surface area (Å²) in [5.41, 5.74) is 0. The molecule has 1 saturated carbocycles. The number of rotatable bonds is 3. The molecule has 0 spiro atoms. The predicted octanol–water partition coefficient (Wildman–Crippen LogP) is 0.638. The van der Waals surface area contributed by atoms with Crippen molar-refractivity contribution in [3.8, 4) is 0 Å². The van der Waals surface area contributed by atoms with E-state index in [1.807, 2.05) is 4.90 Å². The van der Waals surface area contributed by atoms with E-state index >= 15 is 0 Å². The van der Waals surface area contributed by atoms with Gasteiger partial charge in [0.25, 0.3) is 0 Å². The molecule has 1 amide bonds. The first-order valence-corrected chi connectivity index (χ1v) is 4.84. The summed E-state index contributed by atoms with van der Waals surface area (Å²) in [4.78, 5) is 13.8. The van der Waals surface area contributed by atoms with Crippen LogP contribution in [0, 0.1) is 5.92 Å². The minimum absolute atomic E-state index is 0. The number of nitrogens with one attached hydrogen (secondary N) is 1. The fraction of sp³-hybridized carbons (Fsp3) is 0.889. The van der Waals surface area contributed by atoms with Crippen LogP contribution < -0.4 is 5.32 Å². The minimum Gasteiger partial charge on any atom is -0.340 e. The molecule has 2 fully saturated rings. The van der Waals surface area contributed by atoms with Crippen molar-refractivity contribution in [2.45, 2.75) is 25.8 Å². The van der Waals surface area contributed by atoms with Crippen LogP contribution in [0.25, 0.3) is 0 Å². The molecule has 0 atom stereocenters. The van der Waals surface area contributed by atoms with Crippen LogP contribution in [-0.4, -0.2) is 36.5 Å². The number of amides is 1. The number of carbonyl (C=O) groups excluding carboxylic acids is 1. The molecule has 0 aromatic rings. The molecule has 0 unspecified atom stereocenters. The molecule has 1 aliphatic carbocycles. The highest BCUT2D eigenvalue weighted by molar-refractivity contribution is 5.85. The van der Waals surface area contributed by atoms with Gasteiger partial charge < -0.3 is 10.2 Å². The van der Waals surface area contributed by atoms with Gasteiger partial charge in [-0.25, -0.2) is 0 Å². The Hall–Kier alpha value is -0.280. The van der Waals surface area contributed by atoms with E-state index in [2.05, 4.69) is 12.2 Å². The lowest BCUT2D eigenvalue weighted by Gasteiger charge is -2.31. The van der Waals surface area contributed by atoms with Gasteiger partial charge in [-0.2, -0.15) is 0 Å². The van der Waals surface area contributed by atoms with Gasteiger partial charge in [-0.1, -0.05) is 0 Å². The summed E-state index contributed by atoms with van der Waals surface area (Å²) >= 11 is 0. The SMILES string of the molecule is CCN(C(=O)C1CNC1)C1CC1.Cl. The second-order valence-electron chi connectivity index (χ2n) is 3.71. The molecule has 1 aliphatic heterocycles. The van der Waals surface area contributed by atoms with E-state index in [1.54, 1.807) is 0 Å². The maximum atomic E-state index is 11.7. The van der Waals surface area contributed by atoms with Crippen LogP contribution in [0.4, 0.5) is 0 Å². The van der Waals surface area contributed by atoms with Crippen molar-refractivity contribution in [3.63, 3.8) is 0 Å². The highest BCUT2D eigenvalue weighted by Gasteiger charge is 2.36. The third kappa shape index (κ3) is 2.15. The topological polar surface area (TPSA) is 32.3 Å². The monoisotopic (exact) mass is 204 g/mol. The van der Waals surface area contributed by atoms with Crippen molar-refractivity contribution in [3.05, 3.63) is 0 Å². The van der Waals surface area contributed by atoms with Crippen molar-refractivity contribution in [2.24, 2.45) is 5.92 Å². The number of carbonyl (C=O) groups is 1. The Morgan fingerprint density at radius 2 is 2.08 bits per heavy atom. The lowest BCUT2D eigenvalue weighted by Crippen LogP contribution is -2.52. The van der Waals surface area contributed by atoms with Gasteiger partial charge in [-0.15, -0.1) is 12.4 Å². The van der Waals surface area contributed by atoms with Gasteiger partial charge in [0.15, 0.2) is 0 Å². The zero-order valence-corrected chi connectivity index (χ0v) is 8.77. The van der Waals surface area contributed by atoms with Gasteiger partial charge in [0.2, 0.25) is 5.91 Å². The van der Waals surface area contributed by atoms with Crippen LogP contribution >= 0.6 is 12.4 Å². The van der Waals surface area contributed by atoms with Crippen LogP contribution in [0.15, 0.2) is 0 Å². The van der Waals surface area contributed by atoms with E-state index < -0.39 is 0 Å². The van der Waals surface area contributed by atoms with Crippen LogP contribution in [0.5, 0.6) is 0 Å². The average Bonchev–Trinajstić information content (AvgIpc) is 2.68. The lowest BCUT2D eigenvalue weighted by molar-refractivity contribution is -0.137. The van der Waals surface area contributed by atoms with Crippen LogP contribution in [0.2, 0.25) is 0 Å². The van der Waals surface area contributed by atoms with Crippen molar-refractivity contribution < 1.29 is 4.79 Å². The normalized spacial score (nSPS) is 21.6. The molecule has 13 heavy (non-hydrogen) atoms. The minimum atomic E-state index is 0. The second-order valence-corrected chi connectivity index (χ2v) is 3.71. The summed E-state index contributed by atoms with van der Waals surface area (Å²) in [6, 6.07) is 0.586. The van der Waals surface area contributed by atoms with E-state index in [-0.39, 0.29) is 18.3 Å². The summed E-state index contributed by atoms with van der Waals surface area (Å²) in [6.45, 7) is 4.74. The molecule has 3 nitrogen and oxygen atoms in total. The zero-order valence-electron chi connectivity index (χ0n) is 7.95. The molecule has 76 valence electrons. The van der Waals surface area contributed by atoms with Crippen molar-refractivity contribution in [2.75, 3.05) is 19.6 Å². The molecule has 2 aliphatic rings. The molecule has 0 bridgehead atoms. The van der Waals surface area contributed by atoms with Crippen molar-refractivity contribution >= 4 is 18.3 Å². The molecular weight excluding hydrogens is 188 g/mol. The second kappa shape index (κ2) is 4.29. The maximum absolute atomic E-state index is 11.7. The van der Waals surface area contributed by atoms with Crippen LogP contribution in [-0.2, 0) is 4.79 Å². The smallest absolute Gasteiger partial charge is 0.228 e. The molecule has 0 aromatic heterocycles. The molecule has 1 N–H and O–H groups in total. The third-order valence-electron chi connectivity index (χ3n) is 2.74. The summed E-state index contributed by atoms with van der Waals surface area (Å²) in [5.74, 6) is 0.657. The summed E-state index contributed by atoms with van der Waals surface area (Å²) in [7, 11) is 0. The molecule has 1 saturated heterocycles.